The van der Waals surface area contributed by atoms with Crippen LogP contribution in [0.5, 0.6) is 0 Å². The number of hydrogen-bond donors (Lipinski definition) is 1. The van der Waals surface area contributed by atoms with Crippen molar-refractivity contribution in [1.29, 1.82) is 0 Å². The van der Waals surface area contributed by atoms with Crippen LogP contribution in [-0.2, 0) is 20.8 Å². The van der Waals surface area contributed by atoms with Crippen LogP contribution >= 0.6 is 0 Å². The standard InChI is InChI=1S/C18H23N3O4/c22-15-11-18(12-16(23)21(15)13-17(24)25)4-9-20(10-5-18)8-3-14-1-6-19-7-2-14/h1-2,6-7H,3-5,8-13H2,(H,24,25). The molecule has 0 aliphatic carbocycles. The van der Waals surface area contributed by atoms with Crippen LogP contribution in [0.3, 0.4) is 0 Å². The summed E-state index contributed by atoms with van der Waals surface area (Å²) in [7, 11) is 0. The Balaban J connectivity index is 1.52. The third-order valence-corrected chi connectivity index (χ3v) is 5.33. The van der Waals surface area contributed by atoms with E-state index in [0.29, 0.717) is 0 Å². The van der Waals surface area contributed by atoms with E-state index in [9.17, 15) is 14.4 Å². The molecule has 0 aromatic carbocycles. The first-order valence-corrected chi connectivity index (χ1v) is 8.64. The Morgan fingerprint density at radius 1 is 1.12 bits per heavy atom. The highest BCUT2D eigenvalue weighted by Gasteiger charge is 2.45. The van der Waals surface area contributed by atoms with E-state index >= 15 is 0 Å². The van der Waals surface area contributed by atoms with Gasteiger partial charge in [0.1, 0.15) is 6.54 Å². The van der Waals surface area contributed by atoms with Gasteiger partial charge in [0.15, 0.2) is 0 Å². The summed E-state index contributed by atoms with van der Waals surface area (Å²) in [6, 6.07) is 4.03. The van der Waals surface area contributed by atoms with Crippen molar-refractivity contribution in [2.45, 2.75) is 32.1 Å². The number of aromatic nitrogens is 1. The first kappa shape index (κ1) is 17.5. The third kappa shape index (κ3) is 4.22. The first-order valence-electron chi connectivity index (χ1n) is 8.64. The average Bonchev–Trinajstić information content (AvgIpc) is 2.59. The molecule has 25 heavy (non-hydrogen) atoms. The second-order valence-electron chi connectivity index (χ2n) is 7.07. The zero-order valence-electron chi connectivity index (χ0n) is 14.2. The molecule has 2 saturated heterocycles. The molecule has 1 N–H and O–H groups in total. The molecule has 1 aromatic rings. The van der Waals surface area contributed by atoms with Crippen molar-refractivity contribution in [2.75, 3.05) is 26.2 Å². The number of rotatable bonds is 5. The Kier molecular flexibility index (Phi) is 5.13. The fourth-order valence-electron chi connectivity index (χ4n) is 3.79. The van der Waals surface area contributed by atoms with Crippen LogP contribution < -0.4 is 0 Å². The monoisotopic (exact) mass is 345 g/mol. The lowest BCUT2D eigenvalue weighted by molar-refractivity contribution is -0.160. The Bertz CT molecular complexity index is 634. The molecule has 0 atom stereocenters. The summed E-state index contributed by atoms with van der Waals surface area (Å²) in [4.78, 5) is 42.5. The molecule has 2 aliphatic rings. The van der Waals surface area contributed by atoms with Crippen molar-refractivity contribution in [3.63, 3.8) is 0 Å². The van der Waals surface area contributed by atoms with Gasteiger partial charge in [0.05, 0.1) is 0 Å². The van der Waals surface area contributed by atoms with Crippen LogP contribution in [-0.4, -0.2) is 63.9 Å². The number of piperidine rings is 2. The molecule has 3 rings (SSSR count). The number of carboxylic acids is 1. The molecule has 1 spiro atoms. The van der Waals surface area contributed by atoms with E-state index in [1.807, 2.05) is 12.1 Å². The highest BCUT2D eigenvalue weighted by atomic mass is 16.4. The molecule has 2 amide bonds. The number of carbonyl (C=O) groups excluding carboxylic acids is 2. The van der Waals surface area contributed by atoms with Crippen LogP contribution in [0.25, 0.3) is 0 Å². The van der Waals surface area contributed by atoms with E-state index in [1.54, 1.807) is 12.4 Å². The minimum absolute atomic E-state index is 0.281. The molecule has 3 heterocycles. The Labute approximate surface area is 146 Å². The Morgan fingerprint density at radius 2 is 1.72 bits per heavy atom. The zero-order chi connectivity index (χ0) is 17.9. The summed E-state index contributed by atoms with van der Waals surface area (Å²) < 4.78 is 0. The quantitative estimate of drug-likeness (QED) is 0.799. The number of amides is 2. The highest BCUT2D eigenvalue weighted by Crippen LogP contribution is 2.42. The first-order chi connectivity index (χ1) is 12.0. The van der Waals surface area contributed by atoms with Crippen LogP contribution in [0.2, 0.25) is 0 Å². The van der Waals surface area contributed by atoms with E-state index in [-0.39, 0.29) is 30.1 Å². The maximum Gasteiger partial charge on any atom is 0.323 e. The lowest BCUT2D eigenvalue weighted by atomic mass is 9.70. The van der Waals surface area contributed by atoms with E-state index in [0.717, 1.165) is 43.8 Å². The van der Waals surface area contributed by atoms with Crippen molar-refractivity contribution in [1.82, 2.24) is 14.8 Å². The van der Waals surface area contributed by atoms with E-state index in [1.165, 1.54) is 5.56 Å². The molecule has 0 bridgehead atoms. The van der Waals surface area contributed by atoms with Gasteiger partial charge in [-0.15, -0.1) is 0 Å². The van der Waals surface area contributed by atoms with Gasteiger partial charge >= 0.3 is 5.97 Å². The molecule has 1 aromatic heterocycles. The van der Waals surface area contributed by atoms with Crippen molar-refractivity contribution < 1.29 is 19.5 Å². The summed E-state index contributed by atoms with van der Waals surface area (Å²) >= 11 is 0. The lowest BCUT2D eigenvalue weighted by Crippen LogP contribution is -2.53. The average molecular weight is 345 g/mol. The maximum atomic E-state index is 12.2. The van der Waals surface area contributed by atoms with E-state index in [4.69, 9.17) is 5.11 Å². The molecule has 0 saturated carbocycles. The van der Waals surface area contributed by atoms with Gasteiger partial charge in [0, 0.05) is 31.8 Å². The topological polar surface area (TPSA) is 90.8 Å². The summed E-state index contributed by atoms with van der Waals surface area (Å²) in [5, 5.41) is 8.83. The second-order valence-corrected chi connectivity index (χ2v) is 7.07. The van der Waals surface area contributed by atoms with Crippen LogP contribution in [0.4, 0.5) is 0 Å². The van der Waals surface area contributed by atoms with Gasteiger partial charge in [0.2, 0.25) is 11.8 Å². The Hall–Kier alpha value is -2.28. The molecule has 7 heteroatoms. The predicted octanol–water partition coefficient (Wildman–Crippen LogP) is 0.940. The fourth-order valence-corrected chi connectivity index (χ4v) is 3.79. The number of pyridine rings is 1. The SMILES string of the molecule is O=C(O)CN1C(=O)CC2(CCN(CCc3ccncc3)CC2)CC1=O. The van der Waals surface area contributed by atoms with Crippen molar-refractivity contribution in [3.05, 3.63) is 30.1 Å². The molecule has 2 aliphatic heterocycles. The Morgan fingerprint density at radius 3 is 2.28 bits per heavy atom. The molecule has 2 fully saturated rings. The van der Waals surface area contributed by atoms with Gasteiger partial charge in [-0.05, 0) is 55.5 Å². The summed E-state index contributed by atoms with van der Waals surface area (Å²) in [5.74, 6) is -1.84. The zero-order valence-corrected chi connectivity index (χ0v) is 14.2. The predicted molar refractivity (Wildman–Crippen MR) is 89.6 cm³/mol. The molecular weight excluding hydrogens is 322 g/mol. The lowest BCUT2D eigenvalue weighted by Gasteiger charge is -2.45. The molecule has 134 valence electrons. The molecule has 7 nitrogen and oxygen atoms in total. The summed E-state index contributed by atoms with van der Waals surface area (Å²) in [6.07, 6.45) is 6.73. The van der Waals surface area contributed by atoms with Crippen molar-refractivity contribution in [2.24, 2.45) is 5.41 Å². The van der Waals surface area contributed by atoms with Gasteiger partial charge < -0.3 is 10.0 Å². The van der Waals surface area contributed by atoms with Gasteiger partial charge in [-0.25, -0.2) is 0 Å². The number of carbonyl (C=O) groups is 3. The summed E-state index contributed by atoms with van der Waals surface area (Å²) in [6.45, 7) is 2.16. The third-order valence-electron chi connectivity index (χ3n) is 5.33. The molecular formula is C18H23N3O4. The fraction of sp³-hybridized carbons (Fsp3) is 0.556. The van der Waals surface area contributed by atoms with Crippen molar-refractivity contribution in [3.8, 4) is 0 Å². The van der Waals surface area contributed by atoms with E-state index < -0.39 is 12.5 Å². The summed E-state index contributed by atoms with van der Waals surface area (Å²) in [5.41, 5.74) is 0.971. The maximum absolute atomic E-state index is 12.2. The van der Waals surface area contributed by atoms with E-state index in [2.05, 4.69) is 9.88 Å². The van der Waals surface area contributed by atoms with Crippen LogP contribution in [0, 0.1) is 5.41 Å². The molecule has 0 unspecified atom stereocenters. The van der Waals surface area contributed by atoms with Gasteiger partial charge in [-0.1, -0.05) is 0 Å². The number of likely N-dealkylation sites (tertiary alicyclic amines) is 2. The minimum atomic E-state index is -1.15. The number of imide groups is 1. The van der Waals surface area contributed by atoms with Crippen LogP contribution in [0.15, 0.2) is 24.5 Å². The van der Waals surface area contributed by atoms with Gasteiger partial charge in [-0.3, -0.25) is 24.3 Å². The number of hydrogen-bond acceptors (Lipinski definition) is 5. The largest absolute Gasteiger partial charge is 0.480 e. The van der Waals surface area contributed by atoms with Gasteiger partial charge in [-0.2, -0.15) is 0 Å². The minimum Gasteiger partial charge on any atom is -0.480 e. The van der Waals surface area contributed by atoms with Gasteiger partial charge in [0.25, 0.3) is 0 Å². The number of nitrogens with zero attached hydrogens (tertiary/aromatic N) is 3. The number of aliphatic carboxylic acids is 1. The molecule has 0 radical (unpaired) electrons. The highest BCUT2D eigenvalue weighted by molar-refractivity contribution is 6.00. The number of carboxylic acid groups (broad SMARTS) is 1. The normalized spacial score (nSPS) is 20.9. The van der Waals surface area contributed by atoms with Crippen molar-refractivity contribution >= 4 is 17.8 Å². The van der Waals surface area contributed by atoms with Crippen LogP contribution in [0.1, 0.15) is 31.2 Å². The second kappa shape index (κ2) is 7.31. The smallest absolute Gasteiger partial charge is 0.323 e.